The summed E-state index contributed by atoms with van der Waals surface area (Å²) in [6.45, 7) is 4.03. The van der Waals surface area contributed by atoms with E-state index in [2.05, 4.69) is 11.9 Å². The minimum absolute atomic E-state index is 0.184. The Kier molecular flexibility index (Phi) is 3.06. The Labute approximate surface area is 76.6 Å². The van der Waals surface area contributed by atoms with Crippen LogP contribution in [0.1, 0.15) is 12.8 Å². The molecule has 1 rings (SSSR count). The van der Waals surface area contributed by atoms with Gasteiger partial charge in [-0.05, 0) is 12.8 Å². The summed E-state index contributed by atoms with van der Waals surface area (Å²) in [5.74, 6) is -2.24. The first kappa shape index (κ1) is 9.77. The SMILES string of the molecule is C=CCCNC(=O)C1CC1C(=O)[O-]. The number of carboxylic acids is 1. The highest BCUT2D eigenvalue weighted by atomic mass is 16.4. The molecule has 1 N–H and O–H groups in total. The van der Waals surface area contributed by atoms with Crippen LogP contribution in [-0.2, 0) is 9.59 Å². The molecule has 4 heteroatoms. The minimum Gasteiger partial charge on any atom is -0.550 e. The van der Waals surface area contributed by atoms with E-state index in [0.717, 1.165) is 0 Å². The van der Waals surface area contributed by atoms with Crippen LogP contribution in [0.3, 0.4) is 0 Å². The van der Waals surface area contributed by atoms with E-state index >= 15 is 0 Å². The lowest BCUT2D eigenvalue weighted by Crippen LogP contribution is -2.30. The molecule has 1 aliphatic rings. The van der Waals surface area contributed by atoms with Gasteiger partial charge in [0.1, 0.15) is 0 Å². The fraction of sp³-hybridized carbons (Fsp3) is 0.556. The molecular weight excluding hydrogens is 170 g/mol. The summed E-state index contributed by atoms with van der Waals surface area (Å²) in [7, 11) is 0. The number of amides is 1. The van der Waals surface area contributed by atoms with Crippen molar-refractivity contribution in [3.8, 4) is 0 Å². The van der Waals surface area contributed by atoms with E-state index in [9.17, 15) is 14.7 Å². The molecule has 72 valence electrons. The number of hydrogen-bond donors (Lipinski definition) is 1. The first-order chi connectivity index (χ1) is 6.16. The molecule has 0 bridgehead atoms. The molecule has 0 spiro atoms. The van der Waals surface area contributed by atoms with Gasteiger partial charge in [0.2, 0.25) is 5.91 Å². The van der Waals surface area contributed by atoms with Crippen molar-refractivity contribution < 1.29 is 14.7 Å². The summed E-state index contributed by atoms with van der Waals surface area (Å²) in [5, 5.41) is 12.9. The lowest BCUT2D eigenvalue weighted by atomic mass is 10.3. The molecule has 0 aromatic heterocycles. The van der Waals surface area contributed by atoms with Crippen LogP contribution < -0.4 is 10.4 Å². The average Bonchev–Trinajstić information content (AvgIpc) is 2.83. The highest BCUT2D eigenvalue weighted by Crippen LogP contribution is 2.37. The number of carbonyl (C=O) groups excluding carboxylic acids is 2. The molecule has 4 nitrogen and oxygen atoms in total. The zero-order valence-electron chi connectivity index (χ0n) is 7.29. The summed E-state index contributed by atoms with van der Waals surface area (Å²) >= 11 is 0. The van der Waals surface area contributed by atoms with E-state index in [1.807, 2.05) is 0 Å². The third-order valence-corrected chi connectivity index (χ3v) is 2.08. The number of hydrogen-bond acceptors (Lipinski definition) is 3. The monoisotopic (exact) mass is 182 g/mol. The molecule has 2 atom stereocenters. The van der Waals surface area contributed by atoms with Crippen molar-refractivity contribution in [2.45, 2.75) is 12.8 Å². The second-order valence-corrected chi connectivity index (χ2v) is 3.14. The Hall–Kier alpha value is -1.32. The van der Waals surface area contributed by atoms with E-state index in [1.54, 1.807) is 6.08 Å². The standard InChI is InChI=1S/C9H13NO3/c1-2-3-4-10-8(11)6-5-7(6)9(12)13/h2,6-7H,1,3-5H2,(H,10,11)(H,12,13)/p-1. The minimum atomic E-state index is -1.12. The predicted molar refractivity (Wildman–Crippen MR) is 44.4 cm³/mol. The Bertz CT molecular complexity index is 237. The summed E-state index contributed by atoms with van der Waals surface area (Å²) in [6.07, 6.45) is 2.82. The van der Waals surface area contributed by atoms with Crippen molar-refractivity contribution in [1.29, 1.82) is 0 Å². The molecule has 0 aliphatic heterocycles. The Morgan fingerprint density at radius 3 is 2.69 bits per heavy atom. The molecule has 0 radical (unpaired) electrons. The quantitative estimate of drug-likeness (QED) is 0.441. The Balaban J connectivity index is 2.19. The molecule has 1 saturated carbocycles. The zero-order chi connectivity index (χ0) is 9.84. The molecule has 1 amide bonds. The van der Waals surface area contributed by atoms with Crippen LogP contribution in [0.2, 0.25) is 0 Å². The number of carboxylic acid groups (broad SMARTS) is 1. The van der Waals surface area contributed by atoms with Crippen molar-refractivity contribution >= 4 is 11.9 Å². The second-order valence-electron chi connectivity index (χ2n) is 3.14. The fourth-order valence-electron chi connectivity index (χ4n) is 1.17. The van der Waals surface area contributed by atoms with E-state index in [1.165, 1.54) is 0 Å². The van der Waals surface area contributed by atoms with E-state index in [-0.39, 0.29) is 11.8 Å². The van der Waals surface area contributed by atoms with Gasteiger partial charge in [0.05, 0.1) is 0 Å². The fourth-order valence-corrected chi connectivity index (χ4v) is 1.17. The van der Waals surface area contributed by atoms with Gasteiger partial charge in [-0.15, -0.1) is 6.58 Å². The molecule has 13 heavy (non-hydrogen) atoms. The first-order valence-electron chi connectivity index (χ1n) is 4.26. The van der Waals surface area contributed by atoms with Crippen LogP contribution in [0.5, 0.6) is 0 Å². The lowest BCUT2D eigenvalue weighted by Gasteiger charge is -2.02. The van der Waals surface area contributed by atoms with Gasteiger partial charge in [-0.25, -0.2) is 0 Å². The first-order valence-corrected chi connectivity index (χ1v) is 4.26. The summed E-state index contributed by atoms with van der Waals surface area (Å²) in [4.78, 5) is 21.5. The molecule has 1 fully saturated rings. The molecule has 0 aromatic rings. The summed E-state index contributed by atoms with van der Waals surface area (Å²) in [5.41, 5.74) is 0. The highest BCUT2D eigenvalue weighted by Gasteiger charge is 2.43. The molecule has 1 aliphatic carbocycles. The van der Waals surface area contributed by atoms with Crippen LogP contribution in [0, 0.1) is 11.8 Å². The van der Waals surface area contributed by atoms with Gasteiger partial charge < -0.3 is 15.2 Å². The van der Waals surface area contributed by atoms with Gasteiger partial charge in [0, 0.05) is 24.3 Å². The van der Waals surface area contributed by atoms with Crippen LogP contribution in [0.4, 0.5) is 0 Å². The Morgan fingerprint density at radius 1 is 1.54 bits per heavy atom. The zero-order valence-corrected chi connectivity index (χ0v) is 7.29. The molecular formula is C9H12NO3-. The summed E-state index contributed by atoms with van der Waals surface area (Å²) in [6, 6.07) is 0. The largest absolute Gasteiger partial charge is 0.550 e. The van der Waals surface area contributed by atoms with Crippen LogP contribution in [-0.4, -0.2) is 18.4 Å². The van der Waals surface area contributed by atoms with Crippen LogP contribution in [0.15, 0.2) is 12.7 Å². The third-order valence-electron chi connectivity index (χ3n) is 2.08. The Morgan fingerprint density at radius 2 is 2.23 bits per heavy atom. The van der Waals surface area contributed by atoms with Gasteiger partial charge in [-0.3, -0.25) is 4.79 Å². The second kappa shape index (κ2) is 4.07. The predicted octanol–water partition coefficient (Wildman–Crippen LogP) is -0.935. The van der Waals surface area contributed by atoms with Gasteiger partial charge >= 0.3 is 0 Å². The average molecular weight is 182 g/mol. The van der Waals surface area contributed by atoms with Crippen molar-refractivity contribution in [3.05, 3.63) is 12.7 Å². The smallest absolute Gasteiger partial charge is 0.223 e. The highest BCUT2D eigenvalue weighted by molar-refractivity contribution is 5.88. The van der Waals surface area contributed by atoms with Crippen molar-refractivity contribution in [2.24, 2.45) is 11.8 Å². The van der Waals surface area contributed by atoms with Gasteiger partial charge in [-0.1, -0.05) is 6.08 Å². The lowest BCUT2D eigenvalue weighted by molar-refractivity contribution is -0.308. The van der Waals surface area contributed by atoms with Crippen molar-refractivity contribution in [3.63, 3.8) is 0 Å². The van der Waals surface area contributed by atoms with Gasteiger partial charge in [0.25, 0.3) is 0 Å². The number of rotatable bonds is 5. The van der Waals surface area contributed by atoms with Gasteiger partial charge in [0.15, 0.2) is 0 Å². The molecule has 0 heterocycles. The van der Waals surface area contributed by atoms with Crippen molar-refractivity contribution in [1.82, 2.24) is 5.32 Å². The van der Waals surface area contributed by atoms with E-state index in [4.69, 9.17) is 0 Å². The summed E-state index contributed by atoms with van der Waals surface area (Å²) < 4.78 is 0. The van der Waals surface area contributed by atoms with Crippen molar-refractivity contribution in [2.75, 3.05) is 6.54 Å². The van der Waals surface area contributed by atoms with Crippen LogP contribution in [0.25, 0.3) is 0 Å². The molecule has 2 unspecified atom stereocenters. The molecule has 0 saturated heterocycles. The number of aliphatic carboxylic acids is 1. The third kappa shape index (κ3) is 2.57. The van der Waals surface area contributed by atoms with E-state index < -0.39 is 11.9 Å². The van der Waals surface area contributed by atoms with Gasteiger partial charge in [-0.2, -0.15) is 0 Å². The number of carbonyl (C=O) groups is 2. The maximum atomic E-state index is 11.2. The maximum Gasteiger partial charge on any atom is 0.223 e. The number of nitrogens with one attached hydrogen (secondary N) is 1. The molecule has 0 aromatic carbocycles. The van der Waals surface area contributed by atoms with E-state index in [0.29, 0.717) is 19.4 Å². The normalized spacial score (nSPS) is 24.9. The maximum absolute atomic E-state index is 11.2. The van der Waals surface area contributed by atoms with Crippen LogP contribution >= 0.6 is 0 Å². The topological polar surface area (TPSA) is 69.2 Å².